The first-order valence-electron chi connectivity index (χ1n) is 7.07. The lowest BCUT2D eigenvalue weighted by Gasteiger charge is -2.07. The summed E-state index contributed by atoms with van der Waals surface area (Å²) in [6.45, 7) is 1.70. The Balaban J connectivity index is 2.15. The van der Waals surface area contributed by atoms with E-state index in [1.165, 1.54) is 12.3 Å². The van der Waals surface area contributed by atoms with E-state index in [0.29, 0.717) is 17.0 Å². The average molecular weight is 306 g/mol. The molecule has 0 aliphatic carbocycles. The molecule has 0 atom stereocenters. The van der Waals surface area contributed by atoms with Gasteiger partial charge in [-0.25, -0.2) is 4.98 Å². The molecule has 3 aromatic rings. The Kier molecular flexibility index (Phi) is 4.01. The molecule has 5 nitrogen and oxygen atoms in total. The van der Waals surface area contributed by atoms with Crippen LogP contribution in [0.4, 0.5) is 0 Å². The number of carbonyl (C=O) groups is 1. The number of rotatable bonds is 4. The smallest absolute Gasteiger partial charge is 0.251 e. The lowest BCUT2D eigenvalue weighted by molar-refractivity contribution is 0.105. The average Bonchev–Trinajstić information content (AvgIpc) is 3.05. The normalized spacial score (nSPS) is 11.4. The topological polar surface area (TPSA) is 76.0 Å². The number of nitrogens with one attached hydrogen (secondary N) is 1. The summed E-state index contributed by atoms with van der Waals surface area (Å²) >= 11 is 0. The zero-order valence-corrected chi connectivity index (χ0v) is 12.4. The van der Waals surface area contributed by atoms with Crippen LogP contribution in [-0.4, -0.2) is 15.8 Å². The molecule has 0 radical (unpaired) electrons. The van der Waals surface area contributed by atoms with Crippen molar-refractivity contribution in [2.75, 3.05) is 0 Å². The number of hydrogen-bond donors (Lipinski definition) is 1. The molecule has 0 spiro atoms. The molecule has 114 valence electrons. The van der Waals surface area contributed by atoms with E-state index in [4.69, 9.17) is 4.42 Å². The molecule has 1 N–H and O–H groups in total. The summed E-state index contributed by atoms with van der Waals surface area (Å²) in [7, 11) is 0. The number of nitrogens with zero attached hydrogens (tertiary/aromatic N) is 1. The summed E-state index contributed by atoms with van der Waals surface area (Å²) in [5, 5.41) is 0. The third-order valence-corrected chi connectivity index (χ3v) is 3.24. The third kappa shape index (κ3) is 3.35. The summed E-state index contributed by atoms with van der Waals surface area (Å²) in [6.07, 6.45) is 3.09. The summed E-state index contributed by atoms with van der Waals surface area (Å²) in [5.41, 5.74) is 1.01. The molecule has 0 aliphatic rings. The molecule has 5 heteroatoms. The second-order valence-corrected chi connectivity index (χ2v) is 5.00. The lowest BCUT2D eigenvalue weighted by Crippen LogP contribution is -2.14. The first kappa shape index (κ1) is 14.7. The van der Waals surface area contributed by atoms with Gasteiger partial charge in [0.2, 0.25) is 0 Å². The van der Waals surface area contributed by atoms with E-state index in [-0.39, 0.29) is 22.7 Å². The van der Waals surface area contributed by atoms with Gasteiger partial charge in [0, 0.05) is 17.3 Å². The number of H-pyrrole nitrogens is 1. The number of benzene rings is 1. The number of aromatic amines is 1. The van der Waals surface area contributed by atoms with Gasteiger partial charge in [0.1, 0.15) is 11.6 Å². The summed E-state index contributed by atoms with van der Waals surface area (Å²) in [5.74, 6) is 0.490. The van der Waals surface area contributed by atoms with E-state index in [1.807, 2.05) is 6.07 Å². The lowest BCUT2D eigenvalue weighted by atomic mass is 10.0. The third-order valence-electron chi connectivity index (χ3n) is 3.24. The van der Waals surface area contributed by atoms with Crippen molar-refractivity contribution < 1.29 is 9.21 Å². The minimum atomic E-state index is -0.307. The van der Waals surface area contributed by atoms with E-state index in [9.17, 15) is 9.59 Å². The Hall–Kier alpha value is -3.21. The molecule has 0 amide bonds. The standard InChI is InChI=1S/C18H14N2O3/c1-12-10-16(21)20-18(19-12)15(11-14-8-5-9-23-14)17(22)13-6-3-2-4-7-13/h2-11H,1H3,(H,19,20,21). The van der Waals surface area contributed by atoms with Crippen LogP contribution in [0.1, 0.15) is 27.6 Å². The number of aryl methyl sites for hydroxylation is 1. The molecule has 23 heavy (non-hydrogen) atoms. The van der Waals surface area contributed by atoms with Crippen LogP contribution in [0, 0.1) is 6.92 Å². The van der Waals surface area contributed by atoms with Gasteiger partial charge >= 0.3 is 0 Å². The van der Waals surface area contributed by atoms with E-state index in [1.54, 1.807) is 49.4 Å². The highest BCUT2D eigenvalue weighted by Crippen LogP contribution is 2.20. The van der Waals surface area contributed by atoms with Gasteiger partial charge in [0.15, 0.2) is 5.78 Å². The predicted octanol–water partition coefficient (Wildman–Crippen LogP) is 3.09. The first-order valence-corrected chi connectivity index (χ1v) is 7.07. The molecule has 0 bridgehead atoms. The van der Waals surface area contributed by atoms with Crippen molar-refractivity contribution in [2.24, 2.45) is 0 Å². The second-order valence-electron chi connectivity index (χ2n) is 5.00. The monoisotopic (exact) mass is 306 g/mol. The molecular formula is C18H14N2O3. The van der Waals surface area contributed by atoms with Crippen molar-refractivity contribution in [1.29, 1.82) is 0 Å². The van der Waals surface area contributed by atoms with Crippen molar-refractivity contribution in [1.82, 2.24) is 9.97 Å². The van der Waals surface area contributed by atoms with Crippen molar-refractivity contribution >= 4 is 17.4 Å². The van der Waals surface area contributed by atoms with Crippen molar-refractivity contribution in [3.8, 4) is 0 Å². The zero-order valence-electron chi connectivity index (χ0n) is 12.4. The Morgan fingerprint density at radius 3 is 2.61 bits per heavy atom. The summed E-state index contributed by atoms with van der Waals surface area (Å²) in [4.78, 5) is 31.4. The van der Waals surface area contributed by atoms with E-state index >= 15 is 0 Å². The van der Waals surface area contributed by atoms with Gasteiger partial charge in [-0.1, -0.05) is 30.3 Å². The molecule has 0 aliphatic heterocycles. The Labute approximate surface area is 132 Å². The van der Waals surface area contributed by atoms with Gasteiger partial charge < -0.3 is 9.40 Å². The molecule has 2 aromatic heterocycles. The van der Waals surface area contributed by atoms with Crippen LogP contribution >= 0.6 is 0 Å². The van der Waals surface area contributed by atoms with Crippen LogP contribution in [-0.2, 0) is 0 Å². The number of Topliss-reactive ketones (excluding diaryl/α,β-unsaturated/α-hetero) is 1. The molecule has 1 aromatic carbocycles. The molecule has 3 rings (SSSR count). The number of allylic oxidation sites excluding steroid dienone is 1. The molecule has 0 fully saturated rings. The largest absolute Gasteiger partial charge is 0.465 e. The SMILES string of the molecule is Cc1cc(=O)[nH]c(C(=Cc2ccco2)C(=O)c2ccccc2)n1. The summed E-state index contributed by atoms with van der Waals surface area (Å²) < 4.78 is 5.28. The fraction of sp³-hybridized carbons (Fsp3) is 0.0556. The zero-order chi connectivity index (χ0) is 16.2. The number of carbonyl (C=O) groups excluding carboxylic acids is 1. The van der Waals surface area contributed by atoms with Gasteiger partial charge in [-0.3, -0.25) is 9.59 Å². The van der Waals surface area contributed by atoms with Crippen LogP contribution in [0.5, 0.6) is 0 Å². The Morgan fingerprint density at radius 2 is 1.96 bits per heavy atom. The minimum Gasteiger partial charge on any atom is -0.465 e. The highest BCUT2D eigenvalue weighted by atomic mass is 16.3. The van der Waals surface area contributed by atoms with Crippen molar-refractivity contribution in [2.45, 2.75) is 6.92 Å². The maximum absolute atomic E-state index is 12.8. The Morgan fingerprint density at radius 1 is 1.17 bits per heavy atom. The van der Waals surface area contributed by atoms with E-state index in [2.05, 4.69) is 9.97 Å². The number of hydrogen-bond acceptors (Lipinski definition) is 4. The molecular weight excluding hydrogens is 292 g/mol. The minimum absolute atomic E-state index is 0.222. The van der Waals surface area contributed by atoms with Gasteiger partial charge in [-0.15, -0.1) is 0 Å². The number of furan rings is 1. The maximum Gasteiger partial charge on any atom is 0.251 e. The van der Waals surface area contributed by atoms with E-state index in [0.717, 1.165) is 0 Å². The quantitative estimate of drug-likeness (QED) is 0.593. The van der Waals surface area contributed by atoms with Gasteiger partial charge in [0.25, 0.3) is 5.56 Å². The van der Waals surface area contributed by atoms with Gasteiger partial charge in [-0.05, 0) is 25.1 Å². The second kappa shape index (κ2) is 6.27. The number of aromatic nitrogens is 2. The van der Waals surface area contributed by atoms with Crippen LogP contribution in [0.15, 0.2) is 64.0 Å². The van der Waals surface area contributed by atoms with Crippen LogP contribution in [0.2, 0.25) is 0 Å². The highest BCUT2D eigenvalue weighted by Gasteiger charge is 2.17. The molecule has 0 saturated carbocycles. The van der Waals surface area contributed by atoms with Gasteiger partial charge in [0.05, 0.1) is 11.8 Å². The first-order chi connectivity index (χ1) is 11.1. The van der Waals surface area contributed by atoms with Crippen molar-refractivity contribution in [3.63, 3.8) is 0 Å². The van der Waals surface area contributed by atoms with Crippen LogP contribution in [0.3, 0.4) is 0 Å². The van der Waals surface area contributed by atoms with Gasteiger partial charge in [-0.2, -0.15) is 0 Å². The molecule has 2 heterocycles. The fourth-order valence-corrected chi connectivity index (χ4v) is 2.21. The van der Waals surface area contributed by atoms with Crippen LogP contribution < -0.4 is 5.56 Å². The van der Waals surface area contributed by atoms with Crippen molar-refractivity contribution in [3.05, 3.63) is 88.0 Å². The Bertz CT molecular complexity index is 907. The predicted molar refractivity (Wildman–Crippen MR) is 86.9 cm³/mol. The van der Waals surface area contributed by atoms with E-state index < -0.39 is 0 Å². The fourth-order valence-electron chi connectivity index (χ4n) is 2.21. The summed E-state index contributed by atoms with van der Waals surface area (Å²) in [6, 6.07) is 13.7. The number of ketones is 1. The highest BCUT2D eigenvalue weighted by molar-refractivity contribution is 6.31. The maximum atomic E-state index is 12.8. The van der Waals surface area contributed by atoms with Crippen LogP contribution in [0.25, 0.3) is 11.6 Å². The molecule has 0 unspecified atom stereocenters. The molecule has 0 saturated heterocycles.